The fourth-order valence-electron chi connectivity index (χ4n) is 6.37. The van der Waals surface area contributed by atoms with Gasteiger partial charge in [0.05, 0.1) is 24.0 Å². The average molecular weight is 705 g/mol. The number of aromatic amines is 2. The standard InChI is InChI=1S/C37H45ClN6O4S/c1-36(2,3)47-34(45)43-18-8-9-28(43)33-41-30(31(38)42-33)25-16-12-23(13-17-25)22-10-14-24(15-11-22)27-20-39-32(40-27)29-19-26(49-7)21-44(29)35(46)48-37(4,5)6/h10-17,20,26,28-29H,8-9,18-19,21H2,1-7H3,(H,39,40)(H,41,42)/t26-,28?,29-/m0/s1. The molecule has 0 radical (unpaired) electrons. The van der Waals surface area contributed by atoms with Crippen LogP contribution in [0, 0.1) is 0 Å². The van der Waals surface area contributed by atoms with E-state index in [0.717, 1.165) is 53.0 Å². The van der Waals surface area contributed by atoms with E-state index in [1.54, 1.807) is 21.6 Å². The zero-order chi connectivity index (χ0) is 35.1. The van der Waals surface area contributed by atoms with Crippen molar-refractivity contribution in [3.8, 4) is 33.6 Å². The van der Waals surface area contributed by atoms with Crippen LogP contribution < -0.4 is 0 Å². The molecule has 1 unspecified atom stereocenters. The molecule has 2 amide bonds. The summed E-state index contributed by atoms with van der Waals surface area (Å²) in [5, 5.41) is 0.766. The van der Waals surface area contributed by atoms with Crippen molar-refractivity contribution in [1.29, 1.82) is 0 Å². The normalized spacial score (nSPS) is 19.8. The van der Waals surface area contributed by atoms with Crippen LogP contribution in [0.1, 0.15) is 84.5 Å². The molecule has 2 N–H and O–H groups in total. The first-order chi connectivity index (χ1) is 23.2. The Morgan fingerprint density at radius 2 is 1.39 bits per heavy atom. The van der Waals surface area contributed by atoms with Gasteiger partial charge in [-0.25, -0.2) is 19.6 Å². The minimum atomic E-state index is -0.569. The molecule has 0 aliphatic carbocycles. The molecule has 2 aliphatic rings. The number of ether oxygens (including phenoxy) is 2. The molecule has 4 heterocycles. The first-order valence-electron chi connectivity index (χ1n) is 16.7. The van der Waals surface area contributed by atoms with E-state index in [9.17, 15) is 9.59 Å². The van der Waals surface area contributed by atoms with Crippen molar-refractivity contribution in [1.82, 2.24) is 29.7 Å². The summed E-state index contributed by atoms with van der Waals surface area (Å²) >= 11 is 8.40. The van der Waals surface area contributed by atoms with Gasteiger partial charge in [-0.05, 0) is 83.8 Å². The smallest absolute Gasteiger partial charge is 0.410 e. The summed E-state index contributed by atoms with van der Waals surface area (Å²) < 4.78 is 11.3. The molecule has 49 heavy (non-hydrogen) atoms. The molecule has 0 bridgehead atoms. The zero-order valence-electron chi connectivity index (χ0n) is 29.2. The van der Waals surface area contributed by atoms with Crippen LogP contribution in [0.25, 0.3) is 33.6 Å². The van der Waals surface area contributed by atoms with Crippen molar-refractivity contribution in [3.63, 3.8) is 0 Å². The summed E-state index contributed by atoms with van der Waals surface area (Å²) in [7, 11) is 0. The van der Waals surface area contributed by atoms with Gasteiger partial charge in [-0.1, -0.05) is 60.1 Å². The third-order valence-corrected chi connectivity index (χ3v) is 9.98. The first-order valence-corrected chi connectivity index (χ1v) is 18.4. The molecule has 2 saturated heterocycles. The molecule has 12 heteroatoms. The number of thioether (sulfide) groups is 1. The van der Waals surface area contributed by atoms with Gasteiger partial charge in [-0.3, -0.25) is 9.80 Å². The lowest BCUT2D eigenvalue weighted by Crippen LogP contribution is -2.37. The van der Waals surface area contributed by atoms with Gasteiger partial charge in [0.2, 0.25) is 0 Å². The maximum atomic E-state index is 13.0. The Kier molecular flexibility index (Phi) is 9.79. The molecule has 4 aromatic rings. The van der Waals surface area contributed by atoms with E-state index in [-0.39, 0.29) is 24.3 Å². The Morgan fingerprint density at radius 3 is 1.98 bits per heavy atom. The topological polar surface area (TPSA) is 116 Å². The first kappa shape index (κ1) is 34.9. The monoisotopic (exact) mass is 704 g/mol. The number of aromatic nitrogens is 4. The van der Waals surface area contributed by atoms with Gasteiger partial charge in [-0.2, -0.15) is 11.8 Å². The van der Waals surface area contributed by atoms with Gasteiger partial charge in [-0.15, -0.1) is 0 Å². The highest BCUT2D eigenvalue weighted by Gasteiger charge is 2.40. The molecule has 10 nitrogen and oxygen atoms in total. The number of rotatable bonds is 6. The predicted molar refractivity (Wildman–Crippen MR) is 195 cm³/mol. The zero-order valence-corrected chi connectivity index (χ0v) is 30.7. The molecule has 2 aromatic carbocycles. The van der Waals surface area contributed by atoms with E-state index in [4.69, 9.17) is 31.0 Å². The van der Waals surface area contributed by atoms with Crippen molar-refractivity contribution in [2.45, 2.75) is 89.3 Å². The Morgan fingerprint density at radius 1 is 0.816 bits per heavy atom. The SMILES string of the molecule is CS[C@H]1C[C@@H](c2ncc(-c3ccc(-c4ccc(-c5nc(C6CCCN6C(=O)OC(C)(C)C)[nH]c5Cl)cc4)cc3)[nH]2)N(C(=O)OC(C)(C)C)C1. The van der Waals surface area contributed by atoms with E-state index in [1.807, 2.05) is 59.9 Å². The highest BCUT2D eigenvalue weighted by atomic mass is 35.5. The van der Waals surface area contributed by atoms with Crippen molar-refractivity contribution in [2.75, 3.05) is 19.3 Å². The quantitative estimate of drug-likeness (QED) is 0.206. The fraction of sp³-hybridized carbons (Fsp3) is 0.459. The number of hydrogen-bond donors (Lipinski definition) is 2. The van der Waals surface area contributed by atoms with Crippen molar-refractivity contribution in [2.24, 2.45) is 0 Å². The highest BCUT2D eigenvalue weighted by molar-refractivity contribution is 7.99. The number of halogens is 1. The van der Waals surface area contributed by atoms with Crippen LogP contribution in [-0.2, 0) is 9.47 Å². The van der Waals surface area contributed by atoms with E-state index in [1.165, 1.54) is 0 Å². The number of imidazole rings is 2. The number of hydrogen-bond acceptors (Lipinski definition) is 7. The second-order valence-electron chi connectivity index (χ2n) is 14.7. The Hall–Kier alpha value is -3.96. The van der Waals surface area contributed by atoms with Gasteiger partial charge in [0.15, 0.2) is 0 Å². The molecule has 2 fully saturated rings. The number of carbonyl (C=O) groups excluding carboxylic acids is 2. The van der Waals surface area contributed by atoms with E-state index in [0.29, 0.717) is 35.0 Å². The Balaban J connectivity index is 1.14. The number of carbonyl (C=O) groups is 2. The van der Waals surface area contributed by atoms with Gasteiger partial charge in [0.25, 0.3) is 0 Å². The number of nitrogens with zero attached hydrogens (tertiary/aromatic N) is 4. The second kappa shape index (κ2) is 13.7. The van der Waals surface area contributed by atoms with Crippen LogP contribution in [0.15, 0.2) is 54.7 Å². The minimum Gasteiger partial charge on any atom is -0.444 e. The summed E-state index contributed by atoms with van der Waals surface area (Å²) in [6.07, 6.45) is 5.74. The Bertz CT molecular complexity index is 1790. The van der Waals surface area contributed by atoms with E-state index >= 15 is 0 Å². The third kappa shape index (κ3) is 7.94. The summed E-state index contributed by atoms with van der Waals surface area (Å²) in [6, 6.07) is 16.1. The predicted octanol–water partition coefficient (Wildman–Crippen LogP) is 9.27. The van der Waals surface area contributed by atoms with Crippen LogP contribution in [0.3, 0.4) is 0 Å². The van der Waals surface area contributed by atoms with Gasteiger partial charge >= 0.3 is 12.2 Å². The van der Waals surface area contributed by atoms with E-state index in [2.05, 4.69) is 52.6 Å². The van der Waals surface area contributed by atoms with Crippen LogP contribution in [0.4, 0.5) is 9.59 Å². The number of likely N-dealkylation sites (tertiary alicyclic amines) is 2. The van der Waals surface area contributed by atoms with Crippen LogP contribution in [0.2, 0.25) is 5.15 Å². The molecular weight excluding hydrogens is 660 g/mol. The number of nitrogens with one attached hydrogen (secondary N) is 2. The highest BCUT2D eigenvalue weighted by Crippen LogP contribution is 2.38. The van der Waals surface area contributed by atoms with Crippen molar-refractivity contribution >= 4 is 35.5 Å². The minimum absolute atomic E-state index is 0.167. The summed E-state index contributed by atoms with van der Waals surface area (Å²) in [5.41, 5.74) is 4.43. The molecule has 2 aliphatic heterocycles. The Labute approximate surface area is 297 Å². The summed E-state index contributed by atoms with van der Waals surface area (Å²) in [5.74, 6) is 1.43. The number of benzene rings is 2. The van der Waals surface area contributed by atoms with Crippen LogP contribution in [-0.4, -0.2) is 77.7 Å². The van der Waals surface area contributed by atoms with Crippen molar-refractivity contribution < 1.29 is 19.1 Å². The summed E-state index contributed by atoms with van der Waals surface area (Å²) in [4.78, 5) is 45.6. The van der Waals surface area contributed by atoms with Gasteiger partial charge in [0, 0.05) is 23.9 Å². The fourth-order valence-corrected chi connectivity index (χ4v) is 7.31. The lowest BCUT2D eigenvalue weighted by molar-refractivity contribution is 0.0208. The molecular formula is C37H45ClN6O4S. The molecule has 0 saturated carbocycles. The van der Waals surface area contributed by atoms with Gasteiger partial charge < -0.3 is 19.4 Å². The van der Waals surface area contributed by atoms with Gasteiger partial charge in [0.1, 0.15) is 33.7 Å². The molecule has 260 valence electrons. The second-order valence-corrected chi connectivity index (χ2v) is 16.2. The van der Waals surface area contributed by atoms with E-state index < -0.39 is 11.2 Å². The van der Waals surface area contributed by atoms with Crippen molar-refractivity contribution in [3.05, 3.63) is 71.5 Å². The number of H-pyrrole nitrogens is 2. The lowest BCUT2D eigenvalue weighted by Gasteiger charge is -2.27. The molecule has 6 rings (SSSR count). The van der Waals surface area contributed by atoms with Crippen LogP contribution >= 0.6 is 23.4 Å². The third-order valence-electron chi connectivity index (χ3n) is 8.70. The maximum Gasteiger partial charge on any atom is 0.410 e. The molecule has 3 atom stereocenters. The van der Waals surface area contributed by atoms with Crippen LogP contribution in [0.5, 0.6) is 0 Å². The summed E-state index contributed by atoms with van der Waals surface area (Å²) in [6.45, 7) is 12.5. The molecule has 0 spiro atoms. The largest absolute Gasteiger partial charge is 0.444 e. The number of amides is 2. The lowest BCUT2D eigenvalue weighted by atomic mass is 10.0. The molecule has 2 aromatic heterocycles. The average Bonchev–Trinajstić information content (AvgIpc) is 3.85. The maximum absolute atomic E-state index is 13.0.